The molecular weight excluding hydrogens is 432 g/mol. The minimum Gasteiger partial charge on any atom is -0.486 e. The van der Waals surface area contributed by atoms with Crippen LogP contribution in [0.1, 0.15) is 52.0 Å². The highest BCUT2D eigenvalue weighted by Gasteiger charge is 2.32. The van der Waals surface area contributed by atoms with Gasteiger partial charge >= 0.3 is 6.03 Å². The van der Waals surface area contributed by atoms with E-state index in [-0.39, 0.29) is 30.0 Å². The van der Waals surface area contributed by atoms with Crippen LogP contribution in [0.4, 0.5) is 16.2 Å². The summed E-state index contributed by atoms with van der Waals surface area (Å²) < 4.78 is 11.1. The van der Waals surface area contributed by atoms with E-state index in [0.29, 0.717) is 44.0 Å². The fourth-order valence-electron chi connectivity index (χ4n) is 4.35. The van der Waals surface area contributed by atoms with E-state index in [1.807, 2.05) is 34.9 Å². The van der Waals surface area contributed by atoms with E-state index in [9.17, 15) is 9.59 Å². The van der Waals surface area contributed by atoms with Crippen LogP contribution in [0.3, 0.4) is 0 Å². The molecule has 8 nitrogen and oxygen atoms in total. The number of anilines is 2. The van der Waals surface area contributed by atoms with Crippen molar-refractivity contribution in [3.63, 3.8) is 0 Å². The summed E-state index contributed by atoms with van der Waals surface area (Å²) in [6, 6.07) is 9.47. The second-order valence-electron chi connectivity index (χ2n) is 9.01. The average Bonchev–Trinajstić information content (AvgIpc) is 2.81. The monoisotopic (exact) mass is 468 g/mol. The van der Waals surface area contributed by atoms with Crippen LogP contribution in [-0.4, -0.2) is 60.8 Å². The van der Waals surface area contributed by atoms with E-state index in [0.717, 1.165) is 11.3 Å². The molecule has 1 aromatic carbocycles. The number of amides is 3. The topological polar surface area (TPSA) is 84.0 Å². The van der Waals surface area contributed by atoms with Crippen LogP contribution in [0.25, 0.3) is 0 Å². The van der Waals surface area contributed by atoms with E-state index < -0.39 is 0 Å². The van der Waals surface area contributed by atoms with Crippen LogP contribution in [0, 0.1) is 0 Å². The van der Waals surface area contributed by atoms with Crippen molar-refractivity contribution in [3.8, 4) is 5.75 Å². The summed E-state index contributed by atoms with van der Waals surface area (Å²) in [5, 5.41) is 3.03. The van der Waals surface area contributed by atoms with Gasteiger partial charge in [-0.25, -0.2) is 4.79 Å². The summed E-state index contributed by atoms with van der Waals surface area (Å²) in [5.41, 5.74) is 2.49. The van der Waals surface area contributed by atoms with Crippen LogP contribution in [-0.2, 0) is 9.53 Å². The first-order valence-corrected chi connectivity index (χ1v) is 11.9. The molecule has 3 amide bonds. The summed E-state index contributed by atoms with van der Waals surface area (Å²) in [6.07, 6.45) is 4.46. The lowest BCUT2D eigenvalue weighted by Gasteiger charge is -2.39. The number of piperidine rings is 1. The molecule has 1 fully saturated rings. The van der Waals surface area contributed by atoms with Gasteiger partial charge in [0.25, 0.3) is 0 Å². The van der Waals surface area contributed by atoms with Gasteiger partial charge in [-0.1, -0.05) is 32.0 Å². The molecule has 8 heteroatoms. The molecule has 184 valence electrons. The number of likely N-dealkylation sites (tertiary alicyclic amines) is 1. The molecule has 0 aliphatic carbocycles. The molecule has 0 saturated carbocycles. The molecule has 2 heterocycles. The average molecular weight is 469 g/mol. The maximum atomic E-state index is 13.8. The lowest BCUT2D eigenvalue weighted by molar-refractivity contribution is -0.129. The molecule has 3 rings (SSSR count). The highest BCUT2D eigenvalue weighted by atomic mass is 16.5. The highest BCUT2D eigenvalue weighted by molar-refractivity contribution is 6.03. The van der Waals surface area contributed by atoms with Gasteiger partial charge in [0, 0.05) is 51.1 Å². The number of ether oxygens (including phenoxy) is 2. The minimum atomic E-state index is -0.244. The van der Waals surface area contributed by atoms with E-state index in [1.165, 1.54) is 0 Å². The van der Waals surface area contributed by atoms with Crippen molar-refractivity contribution in [3.05, 3.63) is 48.3 Å². The first-order chi connectivity index (χ1) is 16.3. The van der Waals surface area contributed by atoms with Gasteiger partial charge in [0.15, 0.2) is 0 Å². The van der Waals surface area contributed by atoms with Gasteiger partial charge in [-0.2, -0.15) is 0 Å². The first kappa shape index (κ1) is 25.5. The van der Waals surface area contributed by atoms with Crippen molar-refractivity contribution in [1.29, 1.82) is 0 Å². The molecule has 1 aromatic heterocycles. The van der Waals surface area contributed by atoms with Crippen molar-refractivity contribution in [2.75, 3.05) is 37.0 Å². The molecule has 0 bridgehead atoms. The zero-order valence-electron chi connectivity index (χ0n) is 20.8. The Morgan fingerprint density at radius 3 is 2.53 bits per heavy atom. The maximum Gasteiger partial charge on any atom is 0.326 e. The van der Waals surface area contributed by atoms with Crippen LogP contribution in [0.2, 0.25) is 0 Å². The third-order valence-electron chi connectivity index (χ3n) is 6.06. The van der Waals surface area contributed by atoms with Gasteiger partial charge in [-0.3, -0.25) is 14.7 Å². The number of urea groups is 1. The summed E-state index contributed by atoms with van der Waals surface area (Å²) in [7, 11) is 1.62. The standard InChI is InChI=1S/C26H36N4O4/c1-18(2)22-8-6-7-9-24(22)30(21-11-14-29(15-12-21)20(4)31)26(32)28-23-16-27-13-10-25(23)34-19(3)17-33-5/h6-10,13,16,18-19,21H,11-12,14-15,17H2,1-5H3,(H,28,32). The molecule has 34 heavy (non-hydrogen) atoms. The van der Waals surface area contributed by atoms with Crippen LogP contribution in [0.15, 0.2) is 42.7 Å². The molecule has 1 atom stereocenters. The summed E-state index contributed by atoms with van der Waals surface area (Å²) in [5.74, 6) is 0.853. The molecule has 1 aliphatic rings. The fraction of sp³-hybridized carbons (Fsp3) is 0.500. The van der Waals surface area contributed by atoms with E-state index >= 15 is 0 Å². The Morgan fingerprint density at radius 2 is 1.88 bits per heavy atom. The number of rotatable bonds is 8. The number of benzene rings is 1. The van der Waals surface area contributed by atoms with Crippen molar-refractivity contribution in [2.45, 2.75) is 58.6 Å². The SMILES string of the molecule is COCC(C)Oc1ccncc1NC(=O)N(c1ccccc1C(C)C)C1CCN(C(C)=O)CC1. The fourth-order valence-corrected chi connectivity index (χ4v) is 4.35. The zero-order chi connectivity index (χ0) is 24.7. The molecule has 1 unspecified atom stereocenters. The third-order valence-corrected chi connectivity index (χ3v) is 6.06. The van der Waals surface area contributed by atoms with Gasteiger partial charge in [0.05, 0.1) is 12.8 Å². The first-order valence-electron chi connectivity index (χ1n) is 11.9. The number of methoxy groups -OCH3 is 1. The number of hydrogen-bond acceptors (Lipinski definition) is 5. The van der Waals surface area contributed by atoms with Crippen LogP contribution < -0.4 is 15.0 Å². The second kappa shape index (κ2) is 11.8. The van der Waals surface area contributed by atoms with E-state index in [2.05, 4.69) is 30.2 Å². The van der Waals surface area contributed by atoms with Gasteiger partial charge in [0.2, 0.25) is 5.91 Å². The summed E-state index contributed by atoms with van der Waals surface area (Å²) in [6.45, 7) is 9.43. The molecular formula is C26H36N4O4. The Kier molecular flexibility index (Phi) is 8.87. The summed E-state index contributed by atoms with van der Waals surface area (Å²) in [4.78, 5) is 33.5. The number of pyridine rings is 1. The van der Waals surface area contributed by atoms with Crippen LogP contribution >= 0.6 is 0 Å². The lowest BCUT2D eigenvalue weighted by Crippen LogP contribution is -2.50. The Bertz CT molecular complexity index is 973. The maximum absolute atomic E-state index is 13.8. The molecule has 1 saturated heterocycles. The quantitative estimate of drug-likeness (QED) is 0.609. The summed E-state index contributed by atoms with van der Waals surface area (Å²) >= 11 is 0. The molecule has 1 aliphatic heterocycles. The number of carbonyl (C=O) groups excluding carboxylic acids is 2. The minimum absolute atomic E-state index is 0.0380. The predicted molar refractivity (Wildman–Crippen MR) is 134 cm³/mol. The Morgan fingerprint density at radius 1 is 1.18 bits per heavy atom. The Labute approximate surface area is 202 Å². The van der Waals surface area contributed by atoms with Gasteiger partial charge in [0.1, 0.15) is 17.5 Å². The second-order valence-corrected chi connectivity index (χ2v) is 9.01. The van der Waals surface area contributed by atoms with Gasteiger partial charge in [-0.05, 0) is 37.3 Å². The smallest absolute Gasteiger partial charge is 0.326 e. The van der Waals surface area contributed by atoms with Crippen molar-refractivity contribution >= 4 is 23.3 Å². The molecule has 2 aromatic rings. The molecule has 1 N–H and O–H groups in total. The largest absolute Gasteiger partial charge is 0.486 e. The van der Waals surface area contributed by atoms with Crippen molar-refractivity contribution in [1.82, 2.24) is 9.88 Å². The number of para-hydroxylation sites is 1. The normalized spacial score (nSPS) is 15.2. The van der Waals surface area contributed by atoms with Gasteiger partial charge < -0.3 is 19.7 Å². The number of nitrogens with one attached hydrogen (secondary N) is 1. The highest BCUT2D eigenvalue weighted by Crippen LogP contribution is 2.33. The predicted octanol–water partition coefficient (Wildman–Crippen LogP) is 4.67. The Hall–Kier alpha value is -3.13. The molecule has 0 spiro atoms. The van der Waals surface area contributed by atoms with E-state index in [4.69, 9.17) is 9.47 Å². The van der Waals surface area contributed by atoms with Crippen molar-refractivity contribution in [2.24, 2.45) is 0 Å². The Balaban J connectivity index is 1.91. The number of nitrogens with zero attached hydrogens (tertiary/aromatic N) is 3. The number of carbonyl (C=O) groups is 2. The number of aromatic nitrogens is 1. The van der Waals surface area contributed by atoms with E-state index in [1.54, 1.807) is 32.5 Å². The third kappa shape index (κ3) is 6.26. The van der Waals surface area contributed by atoms with Crippen molar-refractivity contribution < 1.29 is 19.1 Å². The van der Waals surface area contributed by atoms with Gasteiger partial charge in [-0.15, -0.1) is 0 Å². The number of hydrogen-bond donors (Lipinski definition) is 1. The zero-order valence-corrected chi connectivity index (χ0v) is 20.8. The lowest BCUT2D eigenvalue weighted by atomic mass is 9.97. The van der Waals surface area contributed by atoms with Crippen LogP contribution in [0.5, 0.6) is 5.75 Å². The molecule has 0 radical (unpaired) electrons.